The minimum Gasteiger partial charge on any atom is -0.460 e. The standard InChI is InChI=1S/C11H19NO3/c12-7-9-5-6-10(14-9)11(13)15-8-3-1-2-4-8/h8-10H,1-7,12H2. The summed E-state index contributed by atoms with van der Waals surface area (Å²) in [4.78, 5) is 11.7. The molecule has 0 aromatic carbocycles. The van der Waals surface area contributed by atoms with Crippen molar-refractivity contribution in [2.24, 2.45) is 5.73 Å². The third-order valence-electron chi connectivity index (χ3n) is 3.22. The first kappa shape index (κ1) is 10.9. The van der Waals surface area contributed by atoms with Crippen molar-refractivity contribution in [3.05, 3.63) is 0 Å². The second kappa shape index (κ2) is 4.94. The fourth-order valence-corrected chi connectivity index (χ4v) is 2.30. The van der Waals surface area contributed by atoms with Crippen LogP contribution in [0.5, 0.6) is 0 Å². The molecule has 1 aliphatic carbocycles. The van der Waals surface area contributed by atoms with E-state index in [1.54, 1.807) is 0 Å². The number of carbonyl (C=O) groups excluding carboxylic acids is 1. The van der Waals surface area contributed by atoms with Crippen LogP contribution in [0.1, 0.15) is 38.5 Å². The highest BCUT2D eigenvalue weighted by atomic mass is 16.6. The van der Waals surface area contributed by atoms with E-state index in [9.17, 15) is 4.79 Å². The minimum atomic E-state index is -0.362. The van der Waals surface area contributed by atoms with Crippen LogP contribution in [0.25, 0.3) is 0 Å². The van der Waals surface area contributed by atoms with Gasteiger partial charge >= 0.3 is 5.97 Å². The maximum Gasteiger partial charge on any atom is 0.335 e. The molecule has 0 amide bonds. The molecule has 2 rings (SSSR count). The maximum atomic E-state index is 11.7. The highest BCUT2D eigenvalue weighted by Crippen LogP contribution is 2.24. The van der Waals surface area contributed by atoms with Crippen LogP contribution in [0.4, 0.5) is 0 Å². The average Bonchev–Trinajstić information content (AvgIpc) is 2.86. The molecule has 15 heavy (non-hydrogen) atoms. The van der Waals surface area contributed by atoms with E-state index in [0.29, 0.717) is 6.54 Å². The molecular weight excluding hydrogens is 194 g/mol. The summed E-state index contributed by atoms with van der Waals surface area (Å²) in [6, 6.07) is 0. The van der Waals surface area contributed by atoms with Crippen molar-refractivity contribution in [1.29, 1.82) is 0 Å². The van der Waals surface area contributed by atoms with Gasteiger partial charge in [0, 0.05) is 6.54 Å². The molecule has 2 aliphatic rings. The van der Waals surface area contributed by atoms with Gasteiger partial charge in [-0.2, -0.15) is 0 Å². The summed E-state index contributed by atoms with van der Waals surface area (Å²) in [5.74, 6) is -0.183. The fourth-order valence-electron chi connectivity index (χ4n) is 2.30. The Labute approximate surface area is 90.1 Å². The van der Waals surface area contributed by atoms with Gasteiger partial charge in [-0.25, -0.2) is 4.79 Å². The van der Waals surface area contributed by atoms with Gasteiger partial charge in [-0.1, -0.05) is 0 Å². The van der Waals surface area contributed by atoms with Crippen molar-refractivity contribution in [1.82, 2.24) is 0 Å². The molecule has 0 aromatic rings. The molecule has 0 spiro atoms. The molecule has 0 aromatic heterocycles. The van der Waals surface area contributed by atoms with Gasteiger partial charge in [0.1, 0.15) is 6.10 Å². The zero-order valence-corrected chi connectivity index (χ0v) is 8.98. The lowest BCUT2D eigenvalue weighted by atomic mass is 10.2. The number of rotatable bonds is 3. The van der Waals surface area contributed by atoms with Gasteiger partial charge < -0.3 is 15.2 Å². The zero-order valence-electron chi connectivity index (χ0n) is 8.98. The van der Waals surface area contributed by atoms with E-state index in [4.69, 9.17) is 15.2 Å². The molecule has 4 heteroatoms. The van der Waals surface area contributed by atoms with E-state index in [1.807, 2.05) is 0 Å². The van der Waals surface area contributed by atoms with Gasteiger partial charge in [0.05, 0.1) is 6.10 Å². The number of esters is 1. The third-order valence-corrected chi connectivity index (χ3v) is 3.22. The molecule has 2 N–H and O–H groups in total. The Bertz CT molecular complexity index is 226. The second-order valence-electron chi connectivity index (χ2n) is 4.40. The number of hydrogen-bond donors (Lipinski definition) is 1. The molecule has 0 radical (unpaired) electrons. The minimum absolute atomic E-state index is 0.0473. The highest BCUT2D eigenvalue weighted by Gasteiger charge is 2.32. The predicted octanol–water partition coefficient (Wildman–Crippen LogP) is 0.978. The molecule has 4 nitrogen and oxygen atoms in total. The predicted molar refractivity (Wildman–Crippen MR) is 55.3 cm³/mol. The summed E-state index contributed by atoms with van der Waals surface area (Å²) in [5.41, 5.74) is 5.48. The monoisotopic (exact) mass is 213 g/mol. The normalized spacial score (nSPS) is 32.1. The van der Waals surface area contributed by atoms with Crippen molar-refractivity contribution in [3.8, 4) is 0 Å². The molecule has 2 atom stereocenters. The van der Waals surface area contributed by atoms with Gasteiger partial charge in [0.25, 0.3) is 0 Å². The molecule has 86 valence electrons. The van der Waals surface area contributed by atoms with Crippen LogP contribution < -0.4 is 5.73 Å². The van der Waals surface area contributed by atoms with Crippen LogP contribution in [0.3, 0.4) is 0 Å². The molecule has 2 unspecified atom stereocenters. The average molecular weight is 213 g/mol. The Hall–Kier alpha value is -0.610. The smallest absolute Gasteiger partial charge is 0.335 e. The van der Waals surface area contributed by atoms with Crippen molar-refractivity contribution in [2.75, 3.05) is 6.54 Å². The van der Waals surface area contributed by atoms with Crippen molar-refractivity contribution >= 4 is 5.97 Å². The van der Waals surface area contributed by atoms with Crippen molar-refractivity contribution in [2.45, 2.75) is 56.8 Å². The summed E-state index contributed by atoms with van der Waals surface area (Å²) < 4.78 is 10.9. The quantitative estimate of drug-likeness (QED) is 0.710. The van der Waals surface area contributed by atoms with Crippen LogP contribution in [-0.2, 0) is 14.3 Å². The first-order valence-corrected chi connectivity index (χ1v) is 5.85. The van der Waals surface area contributed by atoms with E-state index >= 15 is 0 Å². The lowest BCUT2D eigenvalue weighted by Crippen LogP contribution is -2.29. The number of nitrogens with two attached hydrogens (primary N) is 1. The zero-order chi connectivity index (χ0) is 10.7. The van der Waals surface area contributed by atoms with Crippen molar-refractivity contribution in [3.63, 3.8) is 0 Å². The summed E-state index contributed by atoms with van der Waals surface area (Å²) >= 11 is 0. The summed E-state index contributed by atoms with van der Waals surface area (Å²) in [6.45, 7) is 0.493. The van der Waals surface area contributed by atoms with E-state index in [1.165, 1.54) is 12.8 Å². The molecule has 0 bridgehead atoms. The first-order chi connectivity index (χ1) is 7.29. The second-order valence-corrected chi connectivity index (χ2v) is 4.40. The molecule has 1 aliphatic heterocycles. The largest absolute Gasteiger partial charge is 0.460 e. The van der Waals surface area contributed by atoms with Gasteiger partial charge in [0.2, 0.25) is 0 Å². The van der Waals surface area contributed by atoms with E-state index in [-0.39, 0.29) is 24.3 Å². The van der Waals surface area contributed by atoms with Gasteiger partial charge in [-0.3, -0.25) is 0 Å². The Morgan fingerprint density at radius 3 is 2.60 bits per heavy atom. The van der Waals surface area contributed by atoms with Gasteiger partial charge in [-0.15, -0.1) is 0 Å². The number of ether oxygens (including phenoxy) is 2. The summed E-state index contributed by atoms with van der Waals surface area (Å²) in [6.07, 6.45) is 5.83. The van der Waals surface area contributed by atoms with Crippen LogP contribution in [-0.4, -0.2) is 30.8 Å². The highest BCUT2D eigenvalue weighted by molar-refractivity contribution is 5.75. The summed E-state index contributed by atoms with van der Waals surface area (Å²) in [7, 11) is 0. The molecular formula is C11H19NO3. The molecule has 2 fully saturated rings. The van der Waals surface area contributed by atoms with Crippen LogP contribution >= 0.6 is 0 Å². The number of carbonyl (C=O) groups is 1. The SMILES string of the molecule is NCC1CCC(C(=O)OC2CCCC2)O1. The first-order valence-electron chi connectivity index (χ1n) is 5.85. The molecule has 1 saturated heterocycles. The van der Waals surface area contributed by atoms with E-state index in [2.05, 4.69) is 0 Å². The lowest BCUT2D eigenvalue weighted by molar-refractivity contribution is -0.161. The fraction of sp³-hybridized carbons (Fsp3) is 0.909. The Morgan fingerprint density at radius 2 is 2.00 bits per heavy atom. The van der Waals surface area contributed by atoms with Gasteiger partial charge in [0.15, 0.2) is 6.10 Å². The molecule has 1 saturated carbocycles. The van der Waals surface area contributed by atoms with Gasteiger partial charge in [-0.05, 0) is 38.5 Å². The Kier molecular flexibility index (Phi) is 3.59. The number of hydrogen-bond acceptors (Lipinski definition) is 4. The van der Waals surface area contributed by atoms with E-state index < -0.39 is 0 Å². The maximum absolute atomic E-state index is 11.7. The van der Waals surface area contributed by atoms with Crippen LogP contribution in [0, 0.1) is 0 Å². The van der Waals surface area contributed by atoms with E-state index in [0.717, 1.165) is 25.7 Å². The lowest BCUT2D eigenvalue weighted by Gasteiger charge is -2.15. The summed E-state index contributed by atoms with van der Waals surface area (Å²) in [5, 5.41) is 0. The van der Waals surface area contributed by atoms with Crippen molar-refractivity contribution < 1.29 is 14.3 Å². The molecule has 1 heterocycles. The Balaban J connectivity index is 1.76. The van der Waals surface area contributed by atoms with Crippen LogP contribution in [0.2, 0.25) is 0 Å². The Morgan fingerprint density at radius 1 is 1.27 bits per heavy atom. The topological polar surface area (TPSA) is 61.6 Å². The van der Waals surface area contributed by atoms with Crippen LogP contribution in [0.15, 0.2) is 0 Å². The third kappa shape index (κ3) is 2.69.